The summed E-state index contributed by atoms with van der Waals surface area (Å²) in [4.78, 5) is 0. The molecule has 0 bridgehead atoms. The predicted octanol–water partition coefficient (Wildman–Crippen LogP) is 6.43. The Hall–Kier alpha value is -1.61. The molecular weight excluding hydrogens is 438 g/mol. The second kappa shape index (κ2) is 9.69. The lowest BCUT2D eigenvalue weighted by Crippen LogP contribution is -2.50. The monoisotopic (exact) mass is 479 g/mol. The lowest BCUT2D eigenvalue weighted by Gasteiger charge is -2.54. The van der Waals surface area contributed by atoms with Crippen molar-refractivity contribution in [3.8, 4) is 11.8 Å². The van der Waals surface area contributed by atoms with Gasteiger partial charge in [-0.15, -0.1) is 0 Å². The normalized spacial score (nSPS) is 40.7. The minimum atomic E-state index is -0.382. The number of ether oxygens (including phenoxy) is 4. The van der Waals surface area contributed by atoms with Crippen LogP contribution in [0, 0.1) is 28.6 Å². The number of benzene rings is 1. The van der Waals surface area contributed by atoms with Crippen molar-refractivity contribution in [2.75, 3.05) is 13.2 Å². The Kier molecular flexibility index (Phi) is 6.58. The van der Waals surface area contributed by atoms with Gasteiger partial charge in [-0.1, -0.05) is 19.4 Å². The van der Waals surface area contributed by atoms with Crippen molar-refractivity contribution in [2.45, 2.75) is 114 Å². The Morgan fingerprint density at radius 1 is 1.00 bits per heavy atom. The van der Waals surface area contributed by atoms with E-state index in [2.05, 4.69) is 31.2 Å². The fourth-order valence-corrected chi connectivity index (χ4v) is 8.33. The zero-order chi connectivity index (χ0) is 23.9. The molecule has 0 aromatic heterocycles. The minimum absolute atomic E-state index is 0.0258. The van der Waals surface area contributed by atoms with E-state index in [0.717, 1.165) is 89.6 Å². The maximum absolute atomic E-state index is 10.7. The van der Waals surface area contributed by atoms with Crippen LogP contribution >= 0.6 is 0 Å². The molecule has 190 valence electrons. The number of aryl methyl sites for hydroxylation is 1. The smallest absolute Gasteiger partial charge is 0.199 e. The van der Waals surface area contributed by atoms with Gasteiger partial charge in [0.15, 0.2) is 12.6 Å². The molecule has 5 heteroatoms. The standard InChI is InChI=1S/C30H41NO4/c1-2-29-13-14-30(20-31)24-12-10-22(34-27-7-3-5-15-32-27)17-21(24)9-11-25(30)26(29)18-23(19-29)35-28-8-4-6-16-33-28/h10,12,17,23,25-28H,2-9,11,13-16,18-19H2,1H3/t23-,25+,26+,27?,28?,29-,30+/m1/s1. The van der Waals surface area contributed by atoms with Crippen LogP contribution in [0.2, 0.25) is 0 Å². The minimum Gasteiger partial charge on any atom is -0.465 e. The molecular formula is C30H41NO4. The van der Waals surface area contributed by atoms with Gasteiger partial charge in [0.2, 0.25) is 0 Å². The maximum Gasteiger partial charge on any atom is 0.199 e. The van der Waals surface area contributed by atoms with Gasteiger partial charge in [0.25, 0.3) is 0 Å². The van der Waals surface area contributed by atoms with Crippen LogP contribution in [-0.4, -0.2) is 31.9 Å². The van der Waals surface area contributed by atoms with Gasteiger partial charge >= 0.3 is 0 Å². The number of fused-ring (bicyclic) bond motifs is 5. The molecule has 1 aromatic carbocycles. The quantitative estimate of drug-likeness (QED) is 0.487. The summed E-state index contributed by atoms with van der Waals surface area (Å²) in [7, 11) is 0. The molecule has 2 aliphatic heterocycles. The summed E-state index contributed by atoms with van der Waals surface area (Å²) in [5, 5.41) is 10.7. The Bertz CT molecular complexity index is 946. The average molecular weight is 480 g/mol. The summed E-state index contributed by atoms with van der Waals surface area (Å²) in [6, 6.07) is 9.39. The van der Waals surface area contributed by atoms with Gasteiger partial charge in [-0.3, -0.25) is 0 Å². The van der Waals surface area contributed by atoms with Crippen molar-refractivity contribution in [1.29, 1.82) is 5.26 Å². The van der Waals surface area contributed by atoms with Crippen LogP contribution in [0.4, 0.5) is 0 Å². The molecule has 1 aromatic rings. The van der Waals surface area contributed by atoms with Crippen molar-refractivity contribution in [3.63, 3.8) is 0 Å². The lowest BCUT2D eigenvalue weighted by atomic mass is 9.48. The molecule has 0 radical (unpaired) electrons. The largest absolute Gasteiger partial charge is 0.465 e. The van der Waals surface area contributed by atoms with E-state index < -0.39 is 0 Å². The highest BCUT2D eigenvalue weighted by atomic mass is 16.7. The molecule has 2 heterocycles. The topological polar surface area (TPSA) is 60.7 Å². The van der Waals surface area contributed by atoms with Crippen LogP contribution in [-0.2, 0) is 26.0 Å². The first-order valence-electron chi connectivity index (χ1n) is 14.3. The second-order valence-electron chi connectivity index (χ2n) is 11.8. The van der Waals surface area contributed by atoms with E-state index in [1.165, 1.54) is 24.0 Å². The van der Waals surface area contributed by atoms with Gasteiger partial charge in [0.05, 0.1) is 24.2 Å². The van der Waals surface area contributed by atoms with E-state index in [0.29, 0.717) is 17.3 Å². The third-order valence-electron chi connectivity index (χ3n) is 10.1. The summed E-state index contributed by atoms with van der Waals surface area (Å²) >= 11 is 0. The molecule has 5 aliphatic rings. The summed E-state index contributed by atoms with van der Waals surface area (Å²) in [6.07, 6.45) is 14.3. The van der Waals surface area contributed by atoms with E-state index in [9.17, 15) is 5.26 Å². The molecule has 35 heavy (non-hydrogen) atoms. The summed E-state index contributed by atoms with van der Waals surface area (Å²) in [5.74, 6) is 1.85. The molecule has 2 saturated carbocycles. The van der Waals surface area contributed by atoms with Crippen LogP contribution in [0.15, 0.2) is 18.2 Å². The fraction of sp³-hybridized carbons (Fsp3) is 0.767. The molecule has 3 aliphatic carbocycles. The average Bonchev–Trinajstić information content (AvgIpc) is 3.28. The molecule has 2 unspecified atom stereocenters. The van der Waals surface area contributed by atoms with Crippen molar-refractivity contribution >= 4 is 0 Å². The SMILES string of the molecule is CC[C@]12CC[C@]3(C#N)c4ccc(OC5CCCCO5)cc4CC[C@H]3[C@@H]1C[C@@H](OC1CCCCO1)C2. The van der Waals surface area contributed by atoms with E-state index >= 15 is 0 Å². The zero-order valence-electron chi connectivity index (χ0n) is 21.3. The van der Waals surface area contributed by atoms with Gasteiger partial charge in [-0.05, 0) is 111 Å². The predicted molar refractivity (Wildman–Crippen MR) is 133 cm³/mol. The van der Waals surface area contributed by atoms with E-state index in [1.807, 2.05) is 0 Å². The van der Waals surface area contributed by atoms with Crippen LogP contribution in [0.3, 0.4) is 0 Å². The van der Waals surface area contributed by atoms with Crippen LogP contribution in [0.25, 0.3) is 0 Å². The molecule has 0 spiro atoms. The highest BCUT2D eigenvalue weighted by Crippen LogP contribution is 2.65. The molecule has 7 atom stereocenters. The molecule has 0 amide bonds. The van der Waals surface area contributed by atoms with E-state index in [4.69, 9.17) is 18.9 Å². The number of rotatable bonds is 5. The third-order valence-corrected chi connectivity index (χ3v) is 10.1. The number of nitrogens with zero attached hydrogens (tertiary/aromatic N) is 1. The van der Waals surface area contributed by atoms with E-state index in [-0.39, 0.29) is 24.1 Å². The first kappa shape index (κ1) is 23.8. The number of hydrogen-bond donors (Lipinski definition) is 0. The molecule has 6 rings (SSSR count). The third kappa shape index (κ3) is 4.20. The van der Waals surface area contributed by atoms with Gasteiger partial charge in [-0.2, -0.15) is 5.26 Å². The van der Waals surface area contributed by atoms with Crippen molar-refractivity contribution in [2.24, 2.45) is 17.3 Å². The Labute approximate surface area is 210 Å². The number of nitriles is 1. The Morgan fingerprint density at radius 2 is 1.80 bits per heavy atom. The van der Waals surface area contributed by atoms with Crippen LogP contribution in [0.5, 0.6) is 5.75 Å². The molecule has 5 nitrogen and oxygen atoms in total. The maximum atomic E-state index is 10.7. The van der Waals surface area contributed by atoms with Gasteiger partial charge < -0.3 is 18.9 Å². The van der Waals surface area contributed by atoms with Crippen molar-refractivity contribution < 1.29 is 18.9 Å². The summed E-state index contributed by atoms with van der Waals surface area (Å²) < 4.78 is 24.4. The zero-order valence-corrected chi connectivity index (χ0v) is 21.3. The van der Waals surface area contributed by atoms with Crippen LogP contribution in [0.1, 0.15) is 95.1 Å². The Morgan fingerprint density at radius 3 is 2.51 bits per heavy atom. The van der Waals surface area contributed by atoms with Gasteiger partial charge in [0, 0.05) is 13.0 Å². The van der Waals surface area contributed by atoms with Crippen molar-refractivity contribution in [3.05, 3.63) is 29.3 Å². The Balaban J connectivity index is 1.24. The fourth-order valence-electron chi connectivity index (χ4n) is 8.33. The van der Waals surface area contributed by atoms with E-state index in [1.54, 1.807) is 0 Å². The van der Waals surface area contributed by atoms with Crippen molar-refractivity contribution in [1.82, 2.24) is 0 Å². The second-order valence-corrected chi connectivity index (χ2v) is 11.8. The molecule has 0 N–H and O–H groups in total. The first-order chi connectivity index (χ1) is 17.2. The highest BCUT2D eigenvalue weighted by Gasteiger charge is 2.61. The molecule has 2 saturated heterocycles. The summed E-state index contributed by atoms with van der Waals surface area (Å²) in [6.45, 7) is 3.97. The molecule has 4 fully saturated rings. The summed E-state index contributed by atoms with van der Waals surface area (Å²) in [5.41, 5.74) is 2.50. The lowest BCUT2D eigenvalue weighted by molar-refractivity contribution is -0.188. The first-order valence-corrected chi connectivity index (χ1v) is 14.3. The van der Waals surface area contributed by atoms with Gasteiger partial charge in [0.1, 0.15) is 5.75 Å². The van der Waals surface area contributed by atoms with Gasteiger partial charge in [-0.25, -0.2) is 0 Å². The number of hydrogen-bond acceptors (Lipinski definition) is 5. The highest BCUT2D eigenvalue weighted by molar-refractivity contribution is 5.47. The van der Waals surface area contributed by atoms with Crippen LogP contribution < -0.4 is 4.74 Å².